The van der Waals surface area contributed by atoms with Crippen LogP contribution in [0.25, 0.3) is 0 Å². The lowest BCUT2D eigenvalue weighted by Crippen LogP contribution is -2.51. The van der Waals surface area contributed by atoms with Gasteiger partial charge in [0.1, 0.15) is 0 Å². The van der Waals surface area contributed by atoms with E-state index in [1.54, 1.807) is 11.0 Å². The molecule has 112 valence electrons. The molecule has 8 heteroatoms. The second-order valence-electron chi connectivity index (χ2n) is 4.63. The van der Waals surface area contributed by atoms with Crippen molar-refractivity contribution in [3.63, 3.8) is 0 Å². The molecule has 1 heterocycles. The summed E-state index contributed by atoms with van der Waals surface area (Å²) in [5, 5.41) is 2.72. The number of halogens is 1. The van der Waals surface area contributed by atoms with E-state index in [1.165, 1.54) is 17.0 Å². The summed E-state index contributed by atoms with van der Waals surface area (Å²) in [5.41, 5.74) is 6.35. The molecule has 0 radical (unpaired) electrons. The summed E-state index contributed by atoms with van der Waals surface area (Å²) in [6, 6.07) is 4.60. The minimum absolute atomic E-state index is 0.266. The number of amides is 3. The highest BCUT2D eigenvalue weighted by Crippen LogP contribution is 2.24. The van der Waals surface area contributed by atoms with Gasteiger partial charge in [0, 0.05) is 31.9 Å². The van der Waals surface area contributed by atoms with Gasteiger partial charge >= 0.3 is 11.8 Å². The summed E-state index contributed by atoms with van der Waals surface area (Å²) in [5.74, 6) is -1.41. The first-order valence-corrected chi connectivity index (χ1v) is 6.73. The average Bonchev–Trinajstić information content (AvgIpc) is 2.49. The fourth-order valence-electron chi connectivity index (χ4n) is 1.98. The molecule has 3 N–H and O–H groups in total. The minimum atomic E-state index is -0.763. The Morgan fingerprint density at radius 3 is 2.48 bits per heavy atom. The van der Waals surface area contributed by atoms with Crippen LogP contribution in [0.4, 0.5) is 11.4 Å². The summed E-state index contributed by atoms with van der Waals surface area (Å²) in [4.78, 5) is 37.5. The average molecular weight is 311 g/mol. The first-order chi connectivity index (χ1) is 10.0. The lowest BCUT2D eigenvalue weighted by atomic mass is 10.2. The Morgan fingerprint density at radius 1 is 1.24 bits per heavy atom. The molecule has 1 aliphatic heterocycles. The molecule has 0 atom stereocenters. The molecule has 1 fully saturated rings. The van der Waals surface area contributed by atoms with Gasteiger partial charge in [0.2, 0.25) is 6.41 Å². The molecular weight excluding hydrogens is 296 g/mol. The normalized spacial score (nSPS) is 14.7. The molecule has 0 aromatic heterocycles. The molecule has 0 spiro atoms. The van der Waals surface area contributed by atoms with Crippen molar-refractivity contribution in [2.45, 2.75) is 0 Å². The standard InChI is InChI=1S/C13H15ClN4O3/c14-10-7-9(15)1-2-11(10)16-12(20)13(21)18-5-3-17(8-19)4-6-18/h1-2,7-8H,3-6,15H2,(H,16,20). The summed E-state index contributed by atoms with van der Waals surface area (Å²) in [6.45, 7) is 1.51. The van der Waals surface area contributed by atoms with Crippen molar-refractivity contribution in [1.82, 2.24) is 9.80 Å². The number of nitrogens with zero attached hydrogens (tertiary/aromatic N) is 2. The van der Waals surface area contributed by atoms with E-state index < -0.39 is 11.8 Å². The van der Waals surface area contributed by atoms with Crippen LogP contribution in [0.5, 0.6) is 0 Å². The van der Waals surface area contributed by atoms with Crippen LogP contribution >= 0.6 is 11.6 Å². The number of anilines is 2. The molecule has 0 bridgehead atoms. The third-order valence-corrected chi connectivity index (χ3v) is 3.50. The predicted octanol–water partition coefficient (Wildman–Crippen LogP) is 0.161. The number of nitrogen functional groups attached to an aromatic ring is 1. The van der Waals surface area contributed by atoms with E-state index in [2.05, 4.69) is 5.32 Å². The van der Waals surface area contributed by atoms with E-state index in [0.29, 0.717) is 37.6 Å². The molecule has 2 rings (SSSR count). The Balaban J connectivity index is 1.97. The smallest absolute Gasteiger partial charge is 0.313 e. The number of nitrogens with two attached hydrogens (primary N) is 1. The Hall–Kier alpha value is -2.28. The third-order valence-electron chi connectivity index (χ3n) is 3.19. The highest BCUT2D eigenvalue weighted by molar-refractivity contribution is 6.41. The van der Waals surface area contributed by atoms with Crippen LogP contribution in [0.1, 0.15) is 0 Å². The molecule has 0 aliphatic carbocycles. The first kappa shape index (κ1) is 15.1. The number of piperazine rings is 1. The lowest BCUT2D eigenvalue weighted by molar-refractivity contribution is -0.144. The zero-order chi connectivity index (χ0) is 15.4. The summed E-state index contributed by atoms with van der Waals surface area (Å²) < 4.78 is 0. The fraction of sp³-hybridized carbons (Fsp3) is 0.308. The highest BCUT2D eigenvalue weighted by Gasteiger charge is 2.25. The number of carbonyl (C=O) groups is 3. The summed E-state index contributed by atoms with van der Waals surface area (Å²) >= 11 is 5.94. The molecule has 7 nitrogen and oxygen atoms in total. The monoisotopic (exact) mass is 310 g/mol. The number of nitrogens with one attached hydrogen (secondary N) is 1. The quantitative estimate of drug-likeness (QED) is 0.462. The van der Waals surface area contributed by atoms with E-state index in [0.717, 1.165) is 6.41 Å². The fourth-order valence-corrected chi connectivity index (χ4v) is 2.22. The van der Waals surface area contributed by atoms with Gasteiger partial charge in [0.25, 0.3) is 0 Å². The maximum Gasteiger partial charge on any atom is 0.313 e. The van der Waals surface area contributed by atoms with E-state index in [-0.39, 0.29) is 5.02 Å². The van der Waals surface area contributed by atoms with Crippen LogP contribution in [0, 0.1) is 0 Å². The van der Waals surface area contributed by atoms with E-state index >= 15 is 0 Å². The molecule has 1 aromatic rings. The molecule has 1 saturated heterocycles. The van der Waals surface area contributed by atoms with Gasteiger partial charge in [-0.1, -0.05) is 11.6 Å². The van der Waals surface area contributed by atoms with Crippen molar-refractivity contribution in [2.24, 2.45) is 0 Å². The van der Waals surface area contributed by atoms with Crippen LogP contribution < -0.4 is 11.1 Å². The van der Waals surface area contributed by atoms with Crippen LogP contribution in [-0.2, 0) is 14.4 Å². The molecule has 1 aromatic carbocycles. The number of rotatable bonds is 2. The van der Waals surface area contributed by atoms with Crippen LogP contribution in [0.15, 0.2) is 18.2 Å². The summed E-state index contributed by atoms with van der Waals surface area (Å²) in [7, 11) is 0. The number of hydrogen-bond acceptors (Lipinski definition) is 4. The Labute approximate surface area is 126 Å². The topological polar surface area (TPSA) is 95.7 Å². The number of carbonyl (C=O) groups excluding carboxylic acids is 3. The Kier molecular flexibility index (Phi) is 4.64. The van der Waals surface area contributed by atoms with Crippen molar-refractivity contribution >= 4 is 41.2 Å². The SMILES string of the molecule is Nc1ccc(NC(=O)C(=O)N2CCN(C=O)CC2)c(Cl)c1. The maximum absolute atomic E-state index is 12.0. The Morgan fingerprint density at radius 2 is 1.90 bits per heavy atom. The van der Waals surface area contributed by atoms with Gasteiger partial charge in [-0.15, -0.1) is 0 Å². The largest absolute Gasteiger partial charge is 0.399 e. The first-order valence-electron chi connectivity index (χ1n) is 6.36. The van der Waals surface area contributed by atoms with Crippen LogP contribution in [0.3, 0.4) is 0 Å². The molecular formula is C13H15ClN4O3. The summed E-state index contributed by atoms with van der Waals surface area (Å²) in [6.07, 6.45) is 0.732. The van der Waals surface area contributed by atoms with Crippen molar-refractivity contribution in [1.29, 1.82) is 0 Å². The second-order valence-corrected chi connectivity index (χ2v) is 5.03. The minimum Gasteiger partial charge on any atom is -0.399 e. The predicted molar refractivity (Wildman–Crippen MR) is 78.7 cm³/mol. The maximum atomic E-state index is 12.0. The van der Waals surface area contributed by atoms with Gasteiger partial charge in [-0.25, -0.2) is 0 Å². The zero-order valence-electron chi connectivity index (χ0n) is 11.2. The van der Waals surface area contributed by atoms with Crippen molar-refractivity contribution in [3.8, 4) is 0 Å². The van der Waals surface area contributed by atoms with Crippen LogP contribution in [-0.4, -0.2) is 54.2 Å². The highest BCUT2D eigenvalue weighted by atomic mass is 35.5. The number of hydrogen-bond donors (Lipinski definition) is 2. The van der Waals surface area contributed by atoms with E-state index in [1.807, 2.05) is 0 Å². The van der Waals surface area contributed by atoms with Crippen molar-refractivity contribution in [3.05, 3.63) is 23.2 Å². The molecule has 0 unspecified atom stereocenters. The van der Waals surface area contributed by atoms with Gasteiger partial charge in [0.05, 0.1) is 10.7 Å². The van der Waals surface area contributed by atoms with Crippen molar-refractivity contribution < 1.29 is 14.4 Å². The Bertz CT molecular complexity index is 571. The van der Waals surface area contributed by atoms with Gasteiger partial charge in [-0.3, -0.25) is 14.4 Å². The van der Waals surface area contributed by atoms with Gasteiger partial charge in [-0.05, 0) is 18.2 Å². The molecule has 1 aliphatic rings. The third kappa shape index (κ3) is 3.63. The number of benzene rings is 1. The van der Waals surface area contributed by atoms with E-state index in [4.69, 9.17) is 17.3 Å². The molecule has 3 amide bonds. The van der Waals surface area contributed by atoms with Crippen molar-refractivity contribution in [2.75, 3.05) is 37.2 Å². The van der Waals surface area contributed by atoms with Crippen LogP contribution in [0.2, 0.25) is 5.02 Å². The van der Waals surface area contributed by atoms with Gasteiger partial charge in [-0.2, -0.15) is 0 Å². The molecule has 0 saturated carbocycles. The van der Waals surface area contributed by atoms with Gasteiger partial charge < -0.3 is 20.9 Å². The lowest BCUT2D eigenvalue weighted by Gasteiger charge is -2.32. The molecule has 21 heavy (non-hydrogen) atoms. The van der Waals surface area contributed by atoms with Gasteiger partial charge in [0.15, 0.2) is 0 Å². The van der Waals surface area contributed by atoms with E-state index in [9.17, 15) is 14.4 Å². The zero-order valence-corrected chi connectivity index (χ0v) is 12.0. The second kappa shape index (κ2) is 6.45.